The van der Waals surface area contributed by atoms with Crippen LogP contribution in [0, 0.1) is 34.5 Å². The maximum absolute atomic E-state index is 12.6. The van der Waals surface area contributed by atoms with Gasteiger partial charge in [0.15, 0.2) is 0 Å². The fourth-order valence-electron chi connectivity index (χ4n) is 7.48. The van der Waals surface area contributed by atoms with Gasteiger partial charge in [0.2, 0.25) is 0 Å². The van der Waals surface area contributed by atoms with Crippen LogP contribution in [0.1, 0.15) is 65.2 Å². The van der Waals surface area contributed by atoms with E-state index in [1.807, 2.05) is 0 Å². The normalized spacial score (nSPS) is 50.2. The molecule has 4 saturated carbocycles. The van der Waals surface area contributed by atoms with E-state index in [0.29, 0.717) is 55.2 Å². The van der Waals surface area contributed by atoms with Gasteiger partial charge in [-0.3, -0.25) is 14.4 Å². The minimum atomic E-state index is -0.324. The fourth-order valence-corrected chi connectivity index (χ4v) is 7.48. The second-order valence-electron chi connectivity index (χ2n) is 9.56. The molecule has 0 N–H and O–H groups in total. The van der Waals surface area contributed by atoms with Gasteiger partial charge in [0, 0.05) is 17.8 Å². The van der Waals surface area contributed by atoms with E-state index >= 15 is 0 Å². The SMILES string of the molecule is C[C@]12CC[C@@H](OC=O)C[C@@H]1CC[C@@H]1[C@@H]2[C@@H](OC=O)C[C@]2(C)C(=O)CC[C@@H]12. The van der Waals surface area contributed by atoms with Crippen LogP contribution in [0.15, 0.2) is 0 Å². The van der Waals surface area contributed by atoms with Gasteiger partial charge in [0.1, 0.15) is 18.0 Å². The van der Waals surface area contributed by atoms with E-state index in [9.17, 15) is 14.4 Å². The standard InChI is InChI=1S/C21H30O5/c1-20-8-7-14(25-11-22)9-13(20)3-4-15-16-5-6-18(24)21(16,2)10-17(19(15)20)26-12-23/h11-17,19H,3-10H2,1-2H3/t13-,14+,15-,16-,17-,19+,20-,21-/m0/s1. The molecular formula is C21H30O5. The van der Waals surface area contributed by atoms with Gasteiger partial charge >= 0.3 is 0 Å². The van der Waals surface area contributed by atoms with Crippen LogP contribution >= 0.6 is 0 Å². The first-order chi connectivity index (χ1) is 12.4. The lowest BCUT2D eigenvalue weighted by atomic mass is 9.44. The fraction of sp³-hybridized carbons (Fsp3) is 0.857. The third-order valence-corrected chi connectivity index (χ3v) is 8.71. The maximum Gasteiger partial charge on any atom is 0.293 e. The third kappa shape index (κ3) is 2.45. The summed E-state index contributed by atoms with van der Waals surface area (Å²) in [4.78, 5) is 34.7. The number of carbonyl (C=O) groups is 3. The minimum absolute atomic E-state index is 0.0227. The van der Waals surface area contributed by atoms with Gasteiger partial charge in [0.25, 0.3) is 12.9 Å². The number of Topliss-reactive ketones (excluding diaryl/α,β-unsaturated/α-hetero) is 1. The summed E-state index contributed by atoms with van der Waals surface area (Å²) in [6.07, 6.45) is 7.18. The van der Waals surface area contributed by atoms with Crippen LogP contribution in [-0.4, -0.2) is 30.9 Å². The molecule has 0 spiro atoms. The van der Waals surface area contributed by atoms with Crippen LogP contribution in [0.5, 0.6) is 0 Å². The molecule has 26 heavy (non-hydrogen) atoms. The number of ether oxygens (including phenoxy) is 2. The Kier molecular flexibility index (Phi) is 4.39. The van der Waals surface area contributed by atoms with E-state index in [0.717, 1.165) is 38.5 Å². The van der Waals surface area contributed by atoms with Gasteiger partial charge in [-0.15, -0.1) is 0 Å². The molecule has 0 aromatic rings. The number of hydrogen-bond acceptors (Lipinski definition) is 5. The Morgan fingerprint density at radius 3 is 2.54 bits per heavy atom. The number of fused-ring (bicyclic) bond motifs is 5. The van der Waals surface area contributed by atoms with Crippen molar-refractivity contribution in [2.75, 3.05) is 0 Å². The van der Waals surface area contributed by atoms with E-state index in [1.165, 1.54) is 0 Å². The molecule has 0 unspecified atom stereocenters. The topological polar surface area (TPSA) is 69.7 Å². The third-order valence-electron chi connectivity index (χ3n) is 8.71. The summed E-state index contributed by atoms with van der Waals surface area (Å²) in [5.74, 6) is 2.04. The van der Waals surface area contributed by atoms with Crippen molar-refractivity contribution in [2.24, 2.45) is 34.5 Å². The van der Waals surface area contributed by atoms with Gasteiger partial charge in [0.05, 0.1) is 0 Å². The second kappa shape index (κ2) is 6.35. The van der Waals surface area contributed by atoms with Crippen molar-refractivity contribution in [3.8, 4) is 0 Å². The molecule has 5 nitrogen and oxygen atoms in total. The Labute approximate surface area is 155 Å². The molecule has 0 amide bonds. The number of ketones is 1. The highest BCUT2D eigenvalue weighted by atomic mass is 16.5. The second-order valence-corrected chi connectivity index (χ2v) is 9.56. The first-order valence-electron chi connectivity index (χ1n) is 10.2. The van der Waals surface area contributed by atoms with E-state index in [2.05, 4.69) is 13.8 Å². The highest BCUT2D eigenvalue weighted by Crippen LogP contribution is 2.66. The van der Waals surface area contributed by atoms with Crippen LogP contribution in [-0.2, 0) is 23.9 Å². The summed E-state index contributed by atoms with van der Waals surface area (Å²) in [5, 5.41) is 0. The van der Waals surface area contributed by atoms with Gasteiger partial charge in [-0.1, -0.05) is 13.8 Å². The van der Waals surface area contributed by atoms with Crippen LogP contribution in [0.4, 0.5) is 0 Å². The number of rotatable bonds is 4. The predicted octanol–water partition coefficient (Wildman–Crippen LogP) is 3.29. The Morgan fingerprint density at radius 2 is 1.81 bits per heavy atom. The van der Waals surface area contributed by atoms with Crippen molar-refractivity contribution in [1.29, 1.82) is 0 Å². The monoisotopic (exact) mass is 362 g/mol. The van der Waals surface area contributed by atoms with Gasteiger partial charge in [-0.25, -0.2) is 0 Å². The van der Waals surface area contributed by atoms with E-state index < -0.39 is 0 Å². The highest BCUT2D eigenvalue weighted by molar-refractivity contribution is 5.87. The molecule has 4 aliphatic carbocycles. The lowest BCUT2D eigenvalue weighted by Crippen LogP contribution is -2.59. The van der Waals surface area contributed by atoms with Crippen molar-refractivity contribution in [2.45, 2.75) is 77.4 Å². The number of carbonyl (C=O) groups excluding carboxylic acids is 3. The molecule has 8 atom stereocenters. The first-order valence-corrected chi connectivity index (χ1v) is 10.2. The van der Waals surface area contributed by atoms with Gasteiger partial charge in [-0.2, -0.15) is 0 Å². The summed E-state index contributed by atoms with van der Waals surface area (Å²) in [7, 11) is 0. The largest absolute Gasteiger partial charge is 0.465 e. The van der Waals surface area contributed by atoms with Crippen molar-refractivity contribution in [1.82, 2.24) is 0 Å². The van der Waals surface area contributed by atoms with Crippen LogP contribution in [0.2, 0.25) is 0 Å². The molecule has 5 heteroatoms. The van der Waals surface area contributed by atoms with Crippen molar-refractivity contribution < 1.29 is 23.9 Å². The predicted molar refractivity (Wildman–Crippen MR) is 94.0 cm³/mol. The van der Waals surface area contributed by atoms with Crippen molar-refractivity contribution in [3.05, 3.63) is 0 Å². The molecule has 0 aliphatic heterocycles. The number of hydrogen-bond donors (Lipinski definition) is 0. The molecule has 4 fully saturated rings. The molecule has 0 heterocycles. The minimum Gasteiger partial charge on any atom is -0.465 e. The molecule has 4 aliphatic rings. The molecule has 0 bridgehead atoms. The Morgan fingerprint density at radius 1 is 1.04 bits per heavy atom. The Hall–Kier alpha value is -1.39. The highest BCUT2D eigenvalue weighted by Gasteiger charge is 2.64. The lowest BCUT2D eigenvalue weighted by molar-refractivity contribution is -0.190. The summed E-state index contributed by atoms with van der Waals surface area (Å²) >= 11 is 0. The molecular weight excluding hydrogens is 332 g/mol. The Bertz CT molecular complexity index is 603. The summed E-state index contributed by atoms with van der Waals surface area (Å²) in [6.45, 7) is 5.62. The molecule has 0 saturated heterocycles. The molecule has 0 aromatic heterocycles. The average molecular weight is 362 g/mol. The van der Waals surface area contributed by atoms with Crippen LogP contribution in [0.25, 0.3) is 0 Å². The summed E-state index contributed by atoms with van der Waals surface area (Å²) < 4.78 is 10.9. The molecule has 0 radical (unpaired) electrons. The van der Waals surface area contributed by atoms with Crippen molar-refractivity contribution in [3.63, 3.8) is 0 Å². The van der Waals surface area contributed by atoms with E-state index in [1.54, 1.807) is 0 Å². The van der Waals surface area contributed by atoms with Crippen molar-refractivity contribution >= 4 is 18.7 Å². The zero-order chi connectivity index (χ0) is 18.5. The quantitative estimate of drug-likeness (QED) is 0.718. The van der Waals surface area contributed by atoms with Crippen LogP contribution < -0.4 is 0 Å². The van der Waals surface area contributed by atoms with E-state index in [-0.39, 0.29) is 23.0 Å². The summed E-state index contributed by atoms with van der Waals surface area (Å²) in [5.41, 5.74) is -0.234. The zero-order valence-corrected chi connectivity index (χ0v) is 15.8. The first kappa shape index (κ1) is 18.0. The van der Waals surface area contributed by atoms with Gasteiger partial charge in [-0.05, 0) is 68.1 Å². The smallest absolute Gasteiger partial charge is 0.293 e. The molecule has 144 valence electrons. The lowest BCUT2D eigenvalue weighted by Gasteiger charge is -2.61. The average Bonchev–Trinajstić information content (AvgIpc) is 2.90. The zero-order valence-electron chi connectivity index (χ0n) is 15.8. The molecule has 0 aromatic carbocycles. The summed E-state index contributed by atoms with van der Waals surface area (Å²) in [6, 6.07) is 0. The van der Waals surface area contributed by atoms with Gasteiger partial charge < -0.3 is 9.47 Å². The Balaban J connectivity index is 1.66. The maximum atomic E-state index is 12.6. The molecule has 4 rings (SSSR count). The van der Waals surface area contributed by atoms with E-state index in [4.69, 9.17) is 9.47 Å². The van der Waals surface area contributed by atoms with Crippen LogP contribution in [0.3, 0.4) is 0 Å².